The molecule has 4 nitrogen and oxygen atoms in total. The molecule has 2 aromatic carbocycles. The molecule has 200 valence electrons. The van der Waals surface area contributed by atoms with Gasteiger partial charge in [0.2, 0.25) is 0 Å². The van der Waals surface area contributed by atoms with Crippen molar-refractivity contribution in [1.82, 2.24) is 9.80 Å². The van der Waals surface area contributed by atoms with Gasteiger partial charge in [0.25, 0.3) is 0 Å². The first-order valence-electron chi connectivity index (χ1n) is 13.8. The first-order chi connectivity index (χ1) is 18.3. The van der Waals surface area contributed by atoms with E-state index in [1.807, 2.05) is 0 Å². The Morgan fingerprint density at radius 3 is 1.27 bits per heavy atom. The molecule has 0 amide bonds. The van der Waals surface area contributed by atoms with Gasteiger partial charge in [0, 0.05) is 37.4 Å². The Morgan fingerprint density at radius 2 is 0.946 bits per heavy atom. The molecular formula is C30H38Br2N4Ni+2. The summed E-state index contributed by atoms with van der Waals surface area (Å²) >= 11 is 6.00. The van der Waals surface area contributed by atoms with Gasteiger partial charge < -0.3 is 0 Å². The van der Waals surface area contributed by atoms with Crippen LogP contribution in [0.25, 0.3) is 0 Å². The molecule has 5 aliphatic rings. The van der Waals surface area contributed by atoms with Crippen LogP contribution in [0.4, 0.5) is 0 Å². The Bertz CT molecular complexity index is 936. The predicted molar refractivity (Wildman–Crippen MR) is 160 cm³/mol. The second-order valence-electron chi connectivity index (χ2n) is 10.6. The number of hydrogen-bond acceptors (Lipinski definition) is 4. The van der Waals surface area contributed by atoms with Crippen molar-refractivity contribution in [2.75, 3.05) is 39.3 Å². The number of likely N-dealkylation sites (tertiary alicyclic amines) is 2. The maximum atomic E-state index is 5.31. The van der Waals surface area contributed by atoms with Gasteiger partial charge in [-0.2, -0.15) is 0 Å². The third-order valence-corrected chi connectivity index (χ3v) is 8.50. The summed E-state index contributed by atoms with van der Waals surface area (Å²) in [7, 11) is 1.25. The number of aliphatic imine (C=N–C) groups is 2. The van der Waals surface area contributed by atoms with Crippen LogP contribution in [0.2, 0.25) is 0 Å². The van der Waals surface area contributed by atoms with Crippen molar-refractivity contribution in [2.24, 2.45) is 9.98 Å². The molecule has 2 aliphatic heterocycles. The predicted octanol–water partition coefficient (Wildman–Crippen LogP) is 6.82. The average molecular weight is 673 g/mol. The Labute approximate surface area is 242 Å². The van der Waals surface area contributed by atoms with Crippen molar-refractivity contribution < 1.29 is 10.9 Å². The van der Waals surface area contributed by atoms with Crippen LogP contribution in [0.1, 0.15) is 72.6 Å². The number of benzene rings is 2. The Hall–Kier alpha value is -0.846. The Balaban J connectivity index is 0.000000892. The van der Waals surface area contributed by atoms with Gasteiger partial charge in [-0.25, -0.2) is 0 Å². The van der Waals surface area contributed by atoms with Gasteiger partial charge in [-0.15, -0.1) is 0 Å². The van der Waals surface area contributed by atoms with E-state index in [4.69, 9.17) is 9.98 Å². The molecule has 0 unspecified atom stereocenters. The number of hydrogen-bond donors (Lipinski definition) is 0. The summed E-state index contributed by atoms with van der Waals surface area (Å²) in [6.45, 7) is 6.80. The van der Waals surface area contributed by atoms with Gasteiger partial charge in [0.15, 0.2) is 0 Å². The zero-order valence-corrected chi connectivity index (χ0v) is 25.6. The molecule has 0 aromatic heterocycles. The first kappa shape index (κ1) is 27.7. The Kier molecular flexibility index (Phi) is 10.5. The summed E-state index contributed by atoms with van der Waals surface area (Å²) in [4.78, 5) is 15.7. The van der Waals surface area contributed by atoms with Crippen molar-refractivity contribution in [2.45, 2.75) is 62.4 Å². The second-order valence-corrected chi connectivity index (χ2v) is 15.6. The average Bonchev–Trinajstić information content (AvgIpc) is 2.95. The van der Waals surface area contributed by atoms with Crippen LogP contribution in [0, 0.1) is 0 Å². The van der Waals surface area contributed by atoms with Crippen LogP contribution in [0.3, 0.4) is 0 Å². The molecule has 2 aromatic rings. The minimum atomic E-state index is 0.178. The molecule has 2 atom stereocenters. The second kappa shape index (κ2) is 14.0. The van der Waals surface area contributed by atoms with E-state index in [0.717, 1.165) is 13.1 Å². The van der Waals surface area contributed by atoms with Crippen LogP contribution in [0.5, 0.6) is 0 Å². The van der Waals surface area contributed by atoms with Crippen LogP contribution in [0.15, 0.2) is 58.5 Å². The molecule has 2 saturated heterocycles. The summed E-state index contributed by atoms with van der Waals surface area (Å²) in [6.07, 6.45) is 12.5. The normalized spacial score (nSPS) is 27.7. The van der Waals surface area contributed by atoms with Gasteiger partial charge in [0.1, 0.15) is 0 Å². The maximum absolute atomic E-state index is 5.31. The van der Waals surface area contributed by atoms with E-state index in [9.17, 15) is 0 Å². The monoisotopic (exact) mass is 670 g/mol. The van der Waals surface area contributed by atoms with Crippen LogP contribution >= 0.6 is 28.5 Å². The molecule has 0 spiro atoms. The van der Waals surface area contributed by atoms with Gasteiger partial charge in [0.05, 0.1) is 12.1 Å². The molecule has 2 heterocycles. The van der Waals surface area contributed by atoms with Gasteiger partial charge in [-0.05, 0) is 74.1 Å². The van der Waals surface area contributed by atoms with E-state index in [-0.39, 0.29) is 12.1 Å². The molecule has 7 heteroatoms. The fraction of sp³-hybridized carbons (Fsp3) is 0.533. The van der Waals surface area contributed by atoms with Crippen molar-refractivity contribution in [3.8, 4) is 0 Å². The number of fused-ring (bicyclic) bond motifs is 1. The van der Waals surface area contributed by atoms with Crippen LogP contribution < -0.4 is 0 Å². The molecular weight excluding hydrogens is 635 g/mol. The number of nitrogens with zero attached hydrogens (tertiary/aromatic N) is 4. The number of piperidine rings is 2. The fourth-order valence-electron chi connectivity index (χ4n) is 6.82. The van der Waals surface area contributed by atoms with Crippen molar-refractivity contribution >= 4 is 40.9 Å². The van der Waals surface area contributed by atoms with Crippen molar-refractivity contribution in [3.05, 3.63) is 70.8 Å². The van der Waals surface area contributed by atoms with E-state index >= 15 is 0 Å². The SMILES string of the molecule is C(CN1CCCCC1)=N[C@@H]1C2c3ccccc3C(c3ccccc32)[C@H]1N=CCN1CCCCC1.[Br][Ni+2][Br]. The third kappa shape index (κ3) is 6.49. The van der Waals surface area contributed by atoms with E-state index in [1.54, 1.807) is 0 Å². The van der Waals surface area contributed by atoms with E-state index in [1.165, 1.54) is 97.9 Å². The van der Waals surface area contributed by atoms with E-state index < -0.39 is 0 Å². The Morgan fingerprint density at radius 1 is 0.622 bits per heavy atom. The molecule has 2 bridgehead atoms. The summed E-state index contributed by atoms with van der Waals surface area (Å²) < 4.78 is 0. The standard InChI is InChI=1S/C30H38N4.2BrH.Ni/c1-7-17-33(18-8-1)21-15-31-29-27-23-11-3-5-13-25(23)28(26-14-6-4-12-24(26)27)30(29)32-16-22-34-19-9-2-10-20-34;;;/h3-6,11-16,27-30H,1-2,7-10,17-22H2;2*1H;/q;;;+4/p-2/t27?,28?,29-,30-;;;/m1.../s1. The van der Waals surface area contributed by atoms with Crippen LogP contribution in [-0.4, -0.2) is 73.6 Å². The molecule has 0 radical (unpaired) electrons. The molecule has 3 aliphatic carbocycles. The summed E-state index contributed by atoms with van der Waals surface area (Å²) in [5.41, 5.74) is 5.87. The fourth-order valence-corrected chi connectivity index (χ4v) is 6.82. The first-order valence-corrected chi connectivity index (χ1v) is 18.7. The van der Waals surface area contributed by atoms with Crippen molar-refractivity contribution in [3.63, 3.8) is 0 Å². The summed E-state index contributed by atoms with van der Waals surface area (Å²) in [5, 5.41) is 0. The molecule has 2 fully saturated rings. The summed E-state index contributed by atoms with van der Waals surface area (Å²) in [5.74, 6) is 0.597. The zero-order chi connectivity index (χ0) is 25.5. The molecule has 0 N–H and O–H groups in total. The van der Waals surface area contributed by atoms with Crippen LogP contribution in [-0.2, 0) is 10.9 Å². The third-order valence-electron chi connectivity index (χ3n) is 8.50. The molecule has 7 rings (SSSR count). The van der Waals surface area contributed by atoms with Gasteiger partial charge in [-0.1, -0.05) is 61.4 Å². The zero-order valence-electron chi connectivity index (χ0n) is 21.4. The van der Waals surface area contributed by atoms with E-state index in [2.05, 4.69) is 99.2 Å². The number of rotatable bonds is 6. The van der Waals surface area contributed by atoms with Crippen molar-refractivity contribution in [1.29, 1.82) is 0 Å². The van der Waals surface area contributed by atoms with Gasteiger partial charge >= 0.3 is 39.3 Å². The van der Waals surface area contributed by atoms with Gasteiger partial charge in [-0.3, -0.25) is 19.8 Å². The molecule has 37 heavy (non-hydrogen) atoms. The van der Waals surface area contributed by atoms with E-state index in [0.29, 0.717) is 11.8 Å². The number of halogens is 2. The minimum absolute atomic E-state index is 0.178. The molecule has 0 saturated carbocycles. The topological polar surface area (TPSA) is 31.2 Å². The quantitative estimate of drug-likeness (QED) is 0.249. The summed E-state index contributed by atoms with van der Waals surface area (Å²) in [6, 6.07) is 18.5.